The summed E-state index contributed by atoms with van der Waals surface area (Å²) in [6.07, 6.45) is 5.57. The maximum Gasteiger partial charge on any atom is 0.309 e. The van der Waals surface area contributed by atoms with Crippen LogP contribution in [0.4, 0.5) is 0 Å². The lowest BCUT2D eigenvalue weighted by Gasteiger charge is -2.14. The highest BCUT2D eigenvalue weighted by Crippen LogP contribution is 2.23. The maximum absolute atomic E-state index is 11.3. The normalized spacial score (nSPS) is 14.0. The van der Waals surface area contributed by atoms with Crippen molar-refractivity contribution in [3.8, 4) is 0 Å². The number of ether oxygens (including phenoxy) is 1. The third-order valence-electron chi connectivity index (χ3n) is 3.01. The Balaban J connectivity index is 4.75. The van der Waals surface area contributed by atoms with Crippen LogP contribution in [0.1, 0.15) is 46.5 Å². The van der Waals surface area contributed by atoms with Crippen molar-refractivity contribution in [2.45, 2.75) is 46.5 Å². The number of carbonyl (C=O) groups excluding carboxylic acids is 1. The third kappa shape index (κ3) is 5.15. The van der Waals surface area contributed by atoms with Crippen molar-refractivity contribution in [3.63, 3.8) is 0 Å². The number of carbonyl (C=O) groups is 1. The van der Waals surface area contributed by atoms with Gasteiger partial charge in [-0.05, 0) is 25.7 Å². The minimum Gasteiger partial charge on any atom is -0.469 e. The molecule has 0 aromatic heterocycles. The first kappa shape index (κ1) is 14.9. The average molecular weight is 224 g/mol. The standard InChI is InChI=1S/C14H24O2/c1-6-8-9-13(10-14(15)16-5)12(4)11(3)7-2/h7,11H,2,6,8-10H2,1,3-5H3/b13-12+. The quantitative estimate of drug-likeness (QED) is 0.484. The van der Waals surface area contributed by atoms with Crippen LogP contribution >= 0.6 is 0 Å². The Hall–Kier alpha value is -1.05. The van der Waals surface area contributed by atoms with Crippen molar-refractivity contribution in [2.75, 3.05) is 7.11 Å². The van der Waals surface area contributed by atoms with Crippen LogP contribution in [0.3, 0.4) is 0 Å². The van der Waals surface area contributed by atoms with E-state index in [-0.39, 0.29) is 5.97 Å². The number of hydrogen-bond acceptors (Lipinski definition) is 2. The second-order valence-electron chi connectivity index (χ2n) is 4.17. The van der Waals surface area contributed by atoms with E-state index in [4.69, 9.17) is 4.74 Å². The summed E-state index contributed by atoms with van der Waals surface area (Å²) in [5.41, 5.74) is 2.47. The highest BCUT2D eigenvalue weighted by atomic mass is 16.5. The van der Waals surface area contributed by atoms with Crippen molar-refractivity contribution >= 4 is 5.97 Å². The predicted octanol–water partition coefficient (Wildman–Crippen LogP) is 3.88. The molecule has 0 aliphatic heterocycles. The zero-order valence-corrected chi connectivity index (χ0v) is 11.0. The van der Waals surface area contributed by atoms with E-state index in [0.29, 0.717) is 12.3 Å². The summed E-state index contributed by atoms with van der Waals surface area (Å²) in [5.74, 6) is 0.179. The minimum absolute atomic E-state index is 0.151. The Kier molecular flexibility index (Phi) is 7.61. The van der Waals surface area contributed by atoms with Gasteiger partial charge in [0.1, 0.15) is 0 Å². The SMILES string of the molecule is C=CC(C)/C(C)=C(\CCCC)CC(=O)OC. The van der Waals surface area contributed by atoms with Gasteiger partial charge >= 0.3 is 5.97 Å². The highest BCUT2D eigenvalue weighted by molar-refractivity contribution is 5.72. The Morgan fingerprint density at radius 1 is 1.50 bits per heavy atom. The molecule has 0 radical (unpaired) electrons. The van der Waals surface area contributed by atoms with Crippen LogP contribution in [0.5, 0.6) is 0 Å². The molecule has 0 N–H and O–H groups in total. The fourth-order valence-electron chi connectivity index (χ4n) is 1.56. The molecule has 0 heterocycles. The number of rotatable bonds is 7. The monoisotopic (exact) mass is 224 g/mol. The second-order valence-corrected chi connectivity index (χ2v) is 4.17. The topological polar surface area (TPSA) is 26.3 Å². The zero-order chi connectivity index (χ0) is 12.6. The second kappa shape index (κ2) is 8.14. The molecule has 0 fully saturated rings. The van der Waals surface area contributed by atoms with Gasteiger partial charge in [0.25, 0.3) is 0 Å². The van der Waals surface area contributed by atoms with Crippen LogP contribution in [0.15, 0.2) is 23.8 Å². The van der Waals surface area contributed by atoms with Gasteiger partial charge in [0.05, 0.1) is 13.5 Å². The average Bonchev–Trinajstić information content (AvgIpc) is 2.31. The minimum atomic E-state index is -0.151. The van der Waals surface area contributed by atoms with E-state index in [0.717, 1.165) is 19.3 Å². The number of methoxy groups -OCH3 is 1. The molecule has 0 saturated heterocycles. The van der Waals surface area contributed by atoms with Gasteiger partial charge in [-0.2, -0.15) is 0 Å². The highest BCUT2D eigenvalue weighted by Gasteiger charge is 2.11. The molecule has 0 saturated carbocycles. The van der Waals surface area contributed by atoms with Crippen molar-refractivity contribution < 1.29 is 9.53 Å². The number of hydrogen-bond donors (Lipinski definition) is 0. The van der Waals surface area contributed by atoms with Gasteiger partial charge in [-0.15, -0.1) is 6.58 Å². The van der Waals surface area contributed by atoms with E-state index in [1.165, 1.54) is 18.3 Å². The number of unbranched alkanes of at least 4 members (excludes halogenated alkanes) is 1. The van der Waals surface area contributed by atoms with Crippen LogP contribution in [0.2, 0.25) is 0 Å². The molecule has 0 aliphatic rings. The lowest BCUT2D eigenvalue weighted by atomic mass is 9.92. The first-order valence-corrected chi connectivity index (χ1v) is 5.94. The maximum atomic E-state index is 11.3. The van der Waals surface area contributed by atoms with Gasteiger partial charge in [-0.3, -0.25) is 4.79 Å². The Morgan fingerprint density at radius 2 is 2.12 bits per heavy atom. The summed E-state index contributed by atoms with van der Waals surface area (Å²) in [5, 5.41) is 0. The van der Waals surface area contributed by atoms with E-state index in [2.05, 4.69) is 27.4 Å². The molecular formula is C14H24O2. The predicted molar refractivity (Wildman–Crippen MR) is 68.2 cm³/mol. The Morgan fingerprint density at radius 3 is 2.56 bits per heavy atom. The van der Waals surface area contributed by atoms with Crippen molar-refractivity contribution in [1.82, 2.24) is 0 Å². The molecule has 1 atom stereocenters. The van der Waals surface area contributed by atoms with E-state index in [9.17, 15) is 4.79 Å². The van der Waals surface area contributed by atoms with Gasteiger partial charge in [0.2, 0.25) is 0 Å². The van der Waals surface area contributed by atoms with E-state index in [1.807, 2.05) is 6.08 Å². The van der Waals surface area contributed by atoms with Crippen molar-refractivity contribution in [3.05, 3.63) is 23.8 Å². The molecule has 2 heteroatoms. The largest absolute Gasteiger partial charge is 0.469 e. The molecule has 0 spiro atoms. The molecule has 0 amide bonds. The van der Waals surface area contributed by atoms with Crippen LogP contribution < -0.4 is 0 Å². The molecule has 1 unspecified atom stereocenters. The van der Waals surface area contributed by atoms with E-state index < -0.39 is 0 Å². The number of allylic oxidation sites excluding steroid dienone is 2. The molecule has 0 aromatic carbocycles. The van der Waals surface area contributed by atoms with Crippen LogP contribution in [0, 0.1) is 5.92 Å². The first-order valence-electron chi connectivity index (χ1n) is 5.94. The smallest absolute Gasteiger partial charge is 0.309 e. The fourth-order valence-corrected chi connectivity index (χ4v) is 1.56. The zero-order valence-electron chi connectivity index (χ0n) is 11.0. The van der Waals surface area contributed by atoms with Crippen LogP contribution in [0.25, 0.3) is 0 Å². The van der Waals surface area contributed by atoms with Gasteiger partial charge in [-0.25, -0.2) is 0 Å². The molecule has 0 bridgehead atoms. The van der Waals surface area contributed by atoms with E-state index in [1.54, 1.807) is 0 Å². The van der Waals surface area contributed by atoms with Crippen molar-refractivity contribution in [1.29, 1.82) is 0 Å². The molecular weight excluding hydrogens is 200 g/mol. The summed E-state index contributed by atoms with van der Waals surface area (Å²) in [6, 6.07) is 0. The summed E-state index contributed by atoms with van der Waals surface area (Å²) >= 11 is 0. The van der Waals surface area contributed by atoms with Gasteiger partial charge in [0, 0.05) is 0 Å². The number of esters is 1. The third-order valence-corrected chi connectivity index (χ3v) is 3.01. The first-order chi connectivity index (χ1) is 7.56. The van der Waals surface area contributed by atoms with Crippen molar-refractivity contribution in [2.24, 2.45) is 5.92 Å². The molecule has 16 heavy (non-hydrogen) atoms. The van der Waals surface area contributed by atoms with Gasteiger partial charge < -0.3 is 4.74 Å². The molecule has 0 aliphatic carbocycles. The summed E-state index contributed by atoms with van der Waals surface area (Å²) in [7, 11) is 1.44. The summed E-state index contributed by atoms with van der Waals surface area (Å²) in [4.78, 5) is 11.3. The lowest BCUT2D eigenvalue weighted by Crippen LogP contribution is -2.06. The molecule has 0 rings (SSSR count). The summed E-state index contributed by atoms with van der Waals surface area (Å²) in [6.45, 7) is 10.1. The Bertz CT molecular complexity index is 264. The fraction of sp³-hybridized carbons (Fsp3) is 0.643. The summed E-state index contributed by atoms with van der Waals surface area (Å²) < 4.78 is 4.73. The molecule has 0 aromatic rings. The Labute approximate surface area is 99.4 Å². The van der Waals surface area contributed by atoms with Gasteiger partial charge in [-0.1, -0.05) is 37.5 Å². The van der Waals surface area contributed by atoms with E-state index >= 15 is 0 Å². The molecule has 92 valence electrons. The molecule has 2 nitrogen and oxygen atoms in total. The van der Waals surface area contributed by atoms with Crippen LogP contribution in [-0.2, 0) is 9.53 Å². The van der Waals surface area contributed by atoms with Crippen LogP contribution in [-0.4, -0.2) is 13.1 Å². The lowest BCUT2D eigenvalue weighted by molar-refractivity contribution is -0.139. The van der Waals surface area contributed by atoms with Gasteiger partial charge in [0.15, 0.2) is 0 Å².